The van der Waals surface area contributed by atoms with E-state index in [0.717, 1.165) is 11.3 Å². The Labute approximate surface area is 112 Å². The van der Waals surface area contributed by atoms with Gasteiger partial charge in [0.25, 0.3) is 0 Å². The zero-order valence-electron chi connectivity index (χ0n) is 10.9. The third-order valence-electron chi connectivity index (χ3n) is 2.49. The molecule has 0 bridgehead atoms. The van der Waals surface area contributed by atoms with Crippen LogP contribution in [0, 0.1) is 0 Å². The molecule has 1 aromatic heterocycles. The molecule has 1 aromatic carbocycles. The number of hydrogen-bond donors (Lipinski definition) is 1. The van der Waals surface area contributed by atoms with Crippen LogP contribution in [0.2, 0.25) is 0 Å². The number of tetrazole rings is 1. The van der Waals surface area contributed by atoms with Crippen molar-refractivity contribution in [1.82, 2.24) is 20.2 Å². The summed E-state index contributed by atoms with van der Waals surface area (Å²) in [5.41, 5.74) is 1.11. The van der Waals surface area contributed by atoms with E-state index >= 15 is 0 Å². The highest BCUT2D eigenvalue weighted by Gasteiger charge is 2.04. The molecule has 0 amide bonds. The molecule has 0 aliphatic carbocycles. The monoisotopic (exact) mass is 259 g/mol. The molecule has 1 N–H and O–H groups in total. The molecule has 0 atom stereocenters. The smallest absolute Gasteiger partial charge is 0.243 e. The Kier molecular flexibility index (Phi) is 4.49. The van der Waals surface area contributed by atoms with Gasteiger partial charge in [-0.25, -0.2) is 4.68 Å². The van der Waals surface area contributed by atoms with Crippen LogP contribution in [-0.4, -0.2) is 26.8 Å². The average molecular weight is 259 g/mol. The van der Waals surface area contributed by atoms with Crippen molar-refractivity contribution in [2.24, 2.45) is 0 Å². The van der Waals surface area contributed by atoms with E-state index in [1.165, 1.54) is 0 Å². The molecular formula is C13H17N5O. The number of nitrogens with one attached hydrogen (secondary N) is 1. The van der Waals surface area contributed by atoms with Gasteiger partial charge in [0.2, 0.25) is 5.95 Å². The minimum Gasteiger partial charge on any atom is -0.494 e. The number of aromatic nitrogens is 4. The number of rotatable bonds is 7. The van der Waals surface area contributed by atoms with Crippen molar-refractivity contribution in [2.45, 2.75) is 20.0 Å². The Hall–Kier alpha value is -2.37. The average Bonchev–Trinajstić information content (AvgIpc) is 2.85. The van der Waals surface area contributed by atoms with Crippen LogP contribution in [0.5, 0.6) is 5.75 Å². The van der Waals surface area contributed by atoms with Gasteiger partial charge < -0.3 is 10.1 Å². The first-order valence-corrected chi connectivity index (χ1v) is 6.16. The number of nitrogens with zero attached hydrogens (tertiary/aromatic N) is 4. The maximum atomic E-state index is 5.46. The largest absolute Gasteiger partial charge is 0.494 e. The lowest BCUT2D eigenvalue weighted by atomic mass is 10.2. The second kappa shape index (κ2) is 6.53. The fraction of sp³-hybridized carbons (Fsp3) is 0.308. The fourth-order valence-corrected chi connectivity index (χ4v) is 1.67. The maximum absolute atomic E-state index is 5.46. The Morgan fingerprint density at radius 1 is 1.47 bits per heavy atom. The van der Waals surface area contributed by atoms with Gasteiger partial charge in [0, 0.05) is 6.54 Å². The Bertz CT molecular complexity index is 537. The topological polar surface area (TPSA) is 64.9 Å². The third kappa shape index (κ3) is 3.54. The normalized spacial score (nSPS) is 10.2. The summed E-state index contributed by atoms with van der Waals surface area (Å²) in [5, 5.41) is 14.6. The quantitative estimate of drug-likeness (QED) is 0.769. The molecule has 0 radical (unpaired) electrons. The molecular weight excluding hydrogens is 242 g/mol. The molecule has 0 aliphatic heterocycles. The first-order valence-electron chi connectivity index (χ1n) is 6.16. The van der Waals surface area contributed by atoms with Gasteiger partial charge in [-0.3, -0.25) is 0 Å². The van der Waals surface area contributed by atoms with Crippen LogP contribution in [0.1, 0.15) is 12.5 Å². The SMILES string of the molecule is C=CCn1nnnc1NCc1cccc(OCC)c1. The van der Waals surface area contributed by atoms with E-state index in [-0.39, 0.29) is 0 Å². The van der Waals surface area contributed by atoms with E-state index in [2.05, 4.69) is 27.4 Å². The van der Waals surface area contributed by atoms with E-state index in [9.17, 15) is 0 Å². The lowest BCUT2D eigenvalue weighted by molar-refractivity contribution is 0.340. The van der Waals surface area contributed by atoms with Gasteiger partial charge in [0.15, 0.2) is 0 Å². The molecule has 0 fully saturated rings. The van der Waals surface area contributed by atoms with Crippen molar-refractivity contribution in [3.63, 3.8) is 0 Å². The molecule has 2 rings (SSSR count). The summed E-state index contributed by atoms with van der Waals surface area (Å²) in [6.45, 7) is 7.51. The summed E-state index contributed by atoms with van der Waals surface area (Å²) in [7, 11) is 0. The predicted octanol–water partition coefficient (Wildman–Crippen LogP) is 1.87. The summed E-state index contributed by atoms with van der Waals surface area (Å²) >= 11 is 0. The Balaban J connectivity index is 1.99. The van der Waals surface area contributed by atoms with Gasteiger partial charge in [-0.1, -0.05) is 23.3 Å². The van der Waals surface area contributed by atoms with Crippen LogP contribution in [0.15, 0.2) is 36.9 Å². The third-order valence-corrected chi connectivity index (χ3v) is 2.49. The van der Waals surface area contributed by atoms with Crippen LogP contribution >= 0.6 is 0 Å². The Morgan fingerprint density at radius 2 is 2.37 bits per heavy atom. The zero-order valence-corrected chi connectivity index (χ0v) is 10.9. The molecule has 0 saturated carbocycles. The van der Waals surface area contributed by atoms with Crippen LogP contribution in [-0.2, 0) is 13.1 Å². The minimum atomic E-state index is 0.578. The second-order valence-corrected chi connectivity index (χ2v) is 3.91. The first-order chi connectivity index (χ1) is 9.33. The van der Waals surface area contributed by atoms with Crippen molar-refractivity contribution in [2.75, 3.05) is 11.9 Å². The van der Waals surface area contributed by atoms with E-state index in [4.69, 9.17) is 4.74 Å². The number of benzene rings is 1. The highest BCUT2D eigenvalue weighted by atomic mass is 16.5. The number of allylic oxidation sites excluding steroid dienone is 1. The molecule has 100 valence electrons. The fourth-order valence-electron chi connectivity index (χ4n) is 1.67. The van der Waals surface area contributed by atoms with Crippen LogP contribution in [0.3, 0.4) is 0 Å². The minimum absolute atomic E-state index is 0.578. The van der Waals surface area contributed by atoms with Crippen LogP contribution in [0.4, 0.5) is 5.95 Å². The van der Waals surface area contributed by atoms with Crippen molar-refractivity contribution in [3.8, 4) is 5.75 Å². The lowest BCUT2D eigenvalue weighted by Crippen LogP contribution is -2.08. The number of ether oxygens (including phenoxy) is 1. The van der Waals surface area contributed by atoms with E-state index in [1.807, 2.05) is 31.2 Å². The van der Waals surface area contributed by atoms with E-state index < -0.39 is 0 Å². The standard InChI is InChI=1S/C13H17N5O/c1-3-8-18-13(15-16-17-18)14-10-11-6-5-7-12(9-11)19-4-2/h3,5-7,9H,1,4,8,10H2,2H3,(H,14,15,17). The molecule has 6 heteroatoms. The number of anilines is 1. The maximum Gasteiger partial charge on any atom is 0.243 e. The van der Waals surface area contributed by atoms with Gasteiger partial charge in [0.05, 0.1) is 13.2 Å². The van der Waals surface area contributed by atoms with Gasteiger partial charge >= 0.3 is 0 Å². The highest BCUT2D eigenvalue weighted by Crippen LogP contribution is 2.14. The van der Waals surface area contributed by atoms with Crippen LogP contribution in [0.25, 0.3) is 0 Å². The summed E-state index contributed by atoms with van der Waals surface area (Å²) < 4.78 is 7.11. The summed E-state index contributed by atoms with van der Waals surface area (Å²) in [4.78, 5) is 0. The van der Waals surface area contributed by atoms with Gasteiger partial charge in [-0.2, -0.15) is 0 Å². The highest BCUT2D eigenvalue weighted by molar-refractivity contribution is 5.32. The number of hydrogen-bond acceptors (Lipinski definition) is 5. The van der Waals surface area contributed by atoms with Crippen molar-refractivity contribution < 1.29 is 4.74 Å². The molecule has 2 aromatic rings. The summed E-state index contributed by atoms with van der Waals surface area (Å²) in [6.07, 6.45) is 1.75. The molecule has 0 saturated heterocycles. The Morgan fingerprint density at radius 3 is 3.16 bits per heavy atom. The van der Waals surface area contributed by atoms with Crippen LogP contribution < -0.4 is 10.1 Å². The van der Waals surface area contributed by atoms with E-state index in [0.29, 0.717) is 25.6 Å². The molecule has 19 heavy (non-hydrogen) atoms. The predicted molar refractivity (Wildman–Crippen MR) is 73.0 cm³/mol. The summed E-state index contributed by atoms with van der Waals surface area (Å²) in [5.74, 6) is 1.49. The lowest BCUT2D eigenvalue weighted by Gasteiger charge is -2.08. The van der Waals surface area contributed by atoms with E-state index in [1.54, 1.807) is 10.8 Å². The molecule has 1 heterocycles. The van der Waals surface area contributed by atoms with Crippen molar-refractivity contribution in [1.29, 1.82) is 0 Å². The van der Waals surface area contributed by atoms with Crippen molar-refractivity contribution >= 4 is 5.95 Å². The van der Waals surface area contributed by atoms with Gasteiger partial charge in [-0.15, -0.1) is 6.58 Å². The zero-order chi connectivity index (χ0) is 13.5. The van der Waals surface area contributed by atoms with Crippen molar-refractivity contribution in [3.05, 3.63) is 42.5 Å². The molecule has 0 aliphatic rings. The second-order valence-electron chi connectivity index (χ2n) is 3.91. The molecule has 0 spiro atoms. The summed E-state index contributed by atoms with van der Waals surface area (Å²) in [6, 6.07) is 7.93. The molecule has 6 nitrogen and oxygen atoms in total. The van der Waals surface area contributed by atoms with Gasteiger partial charge in [-0.05, 0) is 35.0 Å². The molecule has 0 unspecified atom stereocenters. The van der Waals surface area contributed by atoms with Gasteiger partial charge in [0.1, 0.15) is 5.75 Å². The first kappa shape index (κ1) is 13.1.